The van der Waals surface area contributed by atoms with E-state index in [-0.39, 0.29) is 6.04 Å². The van der Waals surface area contributed by atoms with Crippen LogP contribution in [-0.2, 0) is 6.42 Å². The minimum absolute atomic E-state index is 0.243. The number of hydrogen-bond acceptors (Lipinski definition) is 2. The van der Waals surface area contributed by atoms with Crippen LogP contribution in [0.15, 0.2) is 24.3 Å². The molecule has 1 heterocycles. The molecule has 74 valence electrons. The molecule has 2 N–H and O–H groups in total. The van der Waals surface area contributed by atoms with Crippen molar-refractivity contribution in [3.8, 4) is 0 Å². The van der Waals surface area contributed by atoms with Crippen molar-refractivity contribution in [2.75, 3.05) is 0 Å². The van der Waals surface area contributed by atoms with Crippen LogP contribution in [-0.4, -0.2) is 6.04 Å². The van der Waals surface area contributed by atoms with Crippen LogP contribution < -0.4 is 5.73 Å². The molecule has 0 saturated carbocycles. The first kappa shape index (κ1) is 9.69. The zero-order chi connectivity index (χ0) is 10.1. The smallest absolute Gasteiger partial charge is 0.0345 e. The van der Waals surface area contributed by atoms with Gasteiger partial charge >= 0.3 is 0 Å². The summed E-state index contributed by atoms with van der Waals surface area (Å²) in [5.74, 6) is 0. The van der Waals surface area contributed by atoms with Gasteiger partial charge in [0, 0.05) is 15.6 Å². The Labute approximate surface area is 88.6 Å². The van der Waals surface area contributed by atoms with E-state index in [1.807, 2.05) is 18.3 Å². The van der Waals surface area contributed by atoms with Gasteiger partial charge in [-0.1, -0.05) is 12.1 Å². The molecule has 0 saturated heterocycles. The second-order valence-corrected chi connectivity index (χ2v) is 5.20. The van der Waals surface area contributed by atoms with Crippen molar-refractivity contribution < 1.29 is 0 Å². The van der Waals surface area contributed by atoms with Gasteiger partial charge in [-0.3, -0.25) is 0 Å². The van der Waals surface area contributed by atoms with Crippen molar-refractivity contribution in [3.63, 3.8) is 0 Å². The first-order chi connectivity index (χ1) is 6.65. The average Bonchev–Trinajstić information content (AvgIpc) is 2.42. The van der Waals surface area contributed by atoms with E-state index in [0.717, 1.165) is 6.42 Å². The van der Waals surface area contributed by atoms with Gasteiger partial charge in [0.05, 0.1) is 0 Å². The minimum Gasteiger partial charge on any atom is -0.328 e. The number of aryl methyl sites for hydroxylation is 1. The summed E-state index contributed by atoms with van der Waals surface area (Å²) in [5.41, 5.74) is 7.11. The molecule has 0 fully saturated rings. The molecule has 1 atom stereocenters. The Morgan fingerprint density at radius 3 is 2.86 bits per heavy atom. The summed E-state index contributed by atoms with van der Waals surface area (Å²) in [5, 5.41) is 1.35. The summed E-state index contributed by atoms with van der Waals surface area (Å²) < 4.78 is 1.37. The van der Waals surface area contributed by atoms with Gasteiger partial charge in [-0.05, 0) is 43.4 Å². The average molecular weight is 205 g/mol. The molecule has 2 rings (SSSR count). The molecule has 1 aromatic carbocycles. The fourth-order valence-electron chi connectivity index (χ4n) is 1.72. The second-order valence-electron chi connectivity index (χ2n) is 3.91. The Bertz CT molecular complexity index is 443. The van der Waals surface area contributed by atoms with Crippen molar-refractivity contribution in [1.82, 2.24) is 0 Å². The number of thiophene rings is 1. The third-order valence-corrected chi connectivity index (χ3v) is 3.29. The lowest BCUT2D eigenvalue weighted by Gasteiger charge is -2.04. The predicted molar refractivity (Wildman–Crippen MR) is 63.9 cm³/mol. The first-order valence-corrected chi connectivity index (χ1v) is 5.71. The highest BCUT2D eigenvalue weighted by Gasteiger charge is 2.01. The number of rotatable bonds is 2. The summed E-state index contributed by atoms with van der Waals surface area (Å²) in [7, 11) is 0. The van der Waals surface area contributed by atoms with Crippen LogP contribution in [0.5, 0.6) is 0 Å². The Morgan fingerprint density at radius 2 is 2.14 bits per heavy atom. The Kier molecular flexibility index (Phi) is 2.57. The molecular formula is C12H15NS. The van der Waals surface area contributed by atoms with E-state index in [1.165, 1.54) is 20.5 Å². The van der Waals surface area contributed by atoms with Crippen LogP contribution in [0, 0.1) is 6.92 Å². The standard InChI is InChI=1S/C12H15NS/c1-8(13)5-10-3-4-12-11(7-10)6-9(2)14-12/h3-4,6-8H,5,13H2,1-2H3. The monoisotopic (exact) mass is 205 g/mol. The van der Waals surface area contributed by atoms with Crippen molar-refractivity contribution >= 4 is 21.4 Å². The van der Waals surface area contributed by atoms with Gasteiger partial charge in [0.15, 0.2) is 0 Å². The molecule has 0 spiro atoms. The molecule has 0 aliphatic rings. The third kappa shape index (κ3) is 1.97. The zero-order valence-corrected chi connectivity index (χ0v) is 9.40. The largest absolute Gasteiger partial charge is 0.328 e. The third-order valence-electron chi connectivity index (χ3n) is 2.26. The fourth-order valence-corrected chi connectivity index (χ4v) is 2.63. The molecule has 1 aromatic heterocycles. The highest BCUT2D eigenvalue weighted by Crippen LogP contribution is 2.25. The van der Waals surface area contributed by atoms with Gasteiger partial charge in [-0.15, -0.1) is 11.3 Å². The number of nitrogens with two attached hydrogens (primary N) is 1. The maximum Gasteiger partial charge on any atom is 0.0345 e. The Balaban J connectivity index is 2.40. The second kappa shape index (κ2) is 3.71. The molecule has 0 bridgehead atoms. The van der Waals surface area contributed by atoms with Crippen LogP contribution >= 0.6 is 11.3 Å². The molecule has 2 heteroatoms. The lowest BCUT2D eigenvalue weighted by atomic mass is 10.1. The molecule has 0 aliphatic heterocycles. The van der Waals surface area contributed by atoms with Crippen LogP contribution in [0.2, 0.25) is 0 Å². The fraction of sp³-hybridized carbons (Fsp3) is 0.333. The van der Waals surface area contributed by atoms with Crippen molar-refractivity contribution in [3.05, 3.63) is 34.7 Å². The van der Waals surface area contributed by atoms with Gasteiger partial charge in [-0.2, -0.15) is 0 Å². The van der Waals surface area contributed by atoms with Gasteiger partial charge in [-0.25, -0.2) is 0 Å². The van der Waals surface area contributed by atoms with E-state index in [0.29, 0.717) is 0 Å². The van der Waals surface area contributed by atoms with E-state index in [1.54, 1.807) is 0 Å². The minimum atomic E-state index is 0.243. The van der Waals surface area contributed by atoms with E-state index in [9.17, 15) is 0 Å². The normalized spacial score (nSPS) is 13.4. The highest BCUT2D eigenvalue weighted by atomic mass is 32.1. The van der Waals surface area contributed by atoms with E-state index < -0.39 is 0 Å². The van der Waals surface area contributed by atoms with E-state index >= 15 is 0 Å². The highest BCUT2D eigenvalue weighted by molar-refractivity contribution is 7.19. The SMILES string of the molecule is Cc1cc2cc(CC(C)N)ccc2s1. The van der Waals surface area contributed by atoms with Gasteiger partial charge < -0.3 is 5.73 Å². The molecule has 14 heavy (non-hydrogen) atoms. The summed E-state index contributed by atoms with van der Waals surface area (Å²) in [4.78, 5) is 1.37. The molecule has 1 nitrogen and oxygen atoms in total. The number of benzene rings is 1. The van der Waals surface area contributed by atoms with E-state index in [2.05, 4.69) is 31.2 Å². The molecule has 2 aromatic rings. The zero-order valence-electron chi connectivity index (χ0n) is 8.58. The quantitative estimate of drug-likeness (QED) is 0.801. The molecule has 1 unspecified atom stereocenters. The summed E-state index contributed by atoms with van der Waals surface area (Å²) >= 11 is 1.85. The molecule has 0 aliphatic carbocycles. The van der Waals surface area contributed by atoms with Crippen LogP contribution in [0.1, 0.15) is 17.4 Å². The summed E-state index contributed by atoms with van der Waals surface area (Å²) in [6.45, 7) is 4.19. The maximum absolute atomic E-state index is 5.78. The van der Waals surface area contributed by atoms with Crippen LogP contribution in [0.3, 0.4) is 0 Å². The lowest BCUT2D eigenvalue weighted by molar-refractivity contribution is 0.739. The maximum atomic E-state index is 5.78. The lowest BCUT2D eigenvalue weighted by Crippen LogP contribution is -2.17. The summed E-state index contributed by atoms with van der Waals surface area (Å²) in [6, 6.07) is 9.12. The Hall–Kier alpha value is -0.860. The van der Waals surface area contributed by atoms with Crippen molar-refractivity contribution in [2.45, 2.75) is 26.3 Å². The van der Waals surface area contributed by atoms with Gasteiger partial charge in [0.2, 0.25) is 0 Å². The van der Waals surface area contributed by atoms with Gasteiger partial charge in [0.25, 0.3) is 0 Å². The number of fused-ring (bicyclic) bond motifs is 1. The molecule has 0 radical (unpaired) electrons. The Morgan fingerprint density at radius 1 is 1.36 bits per heavy atom. The topological polar surface area (TPSA) is 26.0 Å². The molecule has 0 amide bonds. The van der Waals surface area contributed by atoms with Crippen molar-refractivity contribution in [1.29, 1.82) is 0 Å². The number of hydrogen-bond donors (Lipinski definition) is 1. The summed E-state index contributed by atoms with van der Waals surface area (Å²) in [6.07, 6.45) is 0.963. The first-order valence-electron chi connectivity index (χ1n) is 4.90. The van der Waals surface area contributed by atoms with Crippen molar-refractivity contribution in [2.24, 2.45) is 5.73 Å². The predicted octanol–water partition coefficient (Wildman–Crippen LogP) is 3.10. The molecular weight excluding hydrogens is 190 g/mol. The van der Waals surface area contributed by atoms with Crippen LogP contribution in [0.4, 0.5) is 0 Å². The van der Waals surface area contributed by atoms with Crippen LogP contribution in [0.25, 0.3) is 10.1 Å². The van der Waals surface area contributed by atoms with Gasteiger partial charge in [0.1, 0.15) is 0 Å². The van der Waals surface area contributed by atoms with E-state index in [4.69, 9.17) is 5.73 Å².